The number of anilines is 1. The summed E-state index contributed by atoms with van der Waals surface area (Å²) < 4.78 is 0. The maximum absolute atomic E-state index is 11.3. The van der Waals surface area contributed by atoms with Crippen LogP contribution >= 0.6 is 11.3 Å². The largest absolute Gasteiger partial charge is 0.477 e. The van der Waals surface area contributed by atoms with Crippen molar-refractivity contribution in [2.45, 2.75) is 52.5 Å². The van der Waals surface area contributed by atoms with Gasteiger partial charge in [-0.25, -0.2) is 9.78 Å². The van der Waals surface area contributed by atoms with Gasteiger partial charge in [0.25, 0.3) is 0 Å². The van der Waals surface area contributed by atoms with E-state index in [1.807, 2.05) is 13.8 Å². The molecule has 0 saturated carbocycles. The van der Waals surface area contributed by atoms with Crippen LogP contribution in [0.25, 0.3) is 0 Å². The van der Waals surface area contributed by atoms with Crippen molar-refractivity contribution in [2.24, 2.45) is 5.92 Å². The van der Waals surface area contributed by atoms with Crippen LogP contribution in [0.2, 0.25) is 0 Å². The number of hydrogen-bond donors (Lipinski definition) is 1. The van der Waals surface area contributed by atoms with Gasteiger partial charge in [0.2, 0.25) is 0 Å². The molecule has 0 bridgehead atoms. The van der Waals surface area contributed by atoms with E-state index < -0.39 is 5.97 Å². The van der Waals surface area contributed by atoms with Crippen LogP contribution in [0.3, 0.4) is 0 Å². The van der Waals surface area contributed by atoms with Gasteiger partial charge in [-0.05, 0) is 31.6 Å². The van der Waals surface area contributed by atoms with Gasteiger partial charge in [-0.3, -0.25) is 0 Å². The Morgan fingerprint density at radius 3 is 2.63 bits per heavy atom. The first-order chi connectivity index (χ1) is 8.90. The minimum absolute atomic E-state index is 0.147. The number of nitrogens with zero attached hydrogens (tertiary/aromatic N) is 2. The van der Waals surface area contributed by atoms with E-state index >= 15 is 0 Å². The molecule has 2 heterocycles. The highest BCUT2D eigenvalue weighted by Crippen LogP contribution is 2.34. The Morgan fingerprint density at radius 2 is 2.11 bits per heavy atom. The van der Waals surface area contributed by atoms with E-state index in [1.165, 1.54) is 17.8 Å². The highest BCUT2D eigenvalue weighted by molar-refractivity contribution is 7.17. The monoisotopic (exact) mass is 282 g/mol. The molecular weight excluding hydrogens is 260 g/mol. The van der Waals surface area contributed by atoms with Crippen molar-refractivity contribution < 1.29 is 9.90 Å². The second-order valence-electron chi connectivity index (χ2n) is 5.85. The minimum Gasteiger partial charge on any atom is -0.477 e. The molecule has 5 heteroatoms. The molecule has 4 nitrogen and oxygen atoms in total. The summed E-state index contributed by atoms with van der Waals surface area (Å²) >= 11 is 1.32. The summed E-state index contributed by atoms with van der Waals surface area (Å²) in [6.45, 7) is 9.41. The molecule has 0 spiro atoms. The van der Waals surface area contributed by atoms with Gasteiger partial charge in [0.1, 0.15) is 4.88 Å². The van der Waals surface area contributed by atoms with Gasteiger partial charge in [-0.15, -0.1) is 0 Å². The van der Waals surface area contributed by atoms with Gasteiger partial charge in [0.05, 0.1) is 5.69 Å². The molecule has 19 heavy (non-hydrogen) atoms. The number of carboxylic acid groups (broad SMARTS) is 1. The molecule has 2 atom stereocenters. The highest BCUT2D eigenvalue weighted by Gasteiger charge is 2.28. The van der Waals surface area contributed by atoms with Gasteiger partial charge < -0.3 is 10.0 Å². The summed E-state index contributed by atoms with van der Waals surface area (Å²) in [5, 5.41) is 10.2. The Hall–Kier alpha value is -1.10. The van der Waals surface area contributed by atoms with Crippen LogP contribution in [-0.4, -0.2) is 28.6 Å². The standard InChI is InChI=1S/C14H22N2O2S/c1-8(2)11-12(13(17)18)19-14(15-11)16-7-9(3)5-6-10(16)4/h8-10H,5-7H2,1-4H3,(H,17,18). The third-order valence-corrected chi connectivity index (χ3v) is 4.84. The second-order valence-corrected chi connectivity index (χ2v) is 6.83. The molecule has 2 unspecified atom stereocenters. The predicted octanol–water partition coefficient (Wildman–Crippen LogP) is 3.59. The van der Waals surface area contributed by atoms with Gasteiger partial charge in [0, 0.05) is 12.6 Å². The molecular formula is C14H22N2O2S. The third kappa shape index (κ3) is 2.91. The van der Waals surface area contributed by atoms with Gasteiger partial charge in [-0.2, -0.15) is 0 Å². The molecule has 1 N–H and O–H groups in total. The van der Waals surface area contributed by atoms with Crippen molar-refractivity contribution in [3.63, 3.8) is 0 Å². The lowest BCUT2D eigenvalue weighted by atomic mass is 9.96. The fourth-order valence-electron chi connectivity index (χ4n) is 2.54. The van der Waals surface area contributed by atoms with E-state index in [9.17, 15) is 9.90 Å². The van der Waals surface area contributed by atoms with E-state index in [2.05, 4.69) is 23.7 Å². The molecule has 0 aromatic carbocycles. The summed E-state index contributed by atoms with van der Waals surface area (Å²) in [5.74, 6) is -0.0605. The average molecular weight is 282 g/mol. The van der Waals surface area contributed by atoms with Crippen molar-refractivity contribution >= 4 is 22.4 Å². The van der Waals surface area contributed by atoms with Gasteiger partial charge in [0.15, 0.2) is 5.13 Å². The summed E-state index contributed by atoms with van der Waals surface area (Å²) in [5.41, 5.74) is 0.720. The molecule has 1 aliphatic rings. The van der Waals surface area contributed by atoms with Crippen LogP contribution in [-0.2, 0) is 0 Å². The average Bonchev–Trinajstić information content (AvgIpc) is 2.77. The zero-order chi connectivity index (χ0) is 14.2. The van der Waals surface area contributed by atoms with Crippen molar-refractivity contribution in [3.8, 4) is 0 Å². The smallest absolute Gasteiger partial charge is 0.347 e. The Bertz CT molecular complexity index is 470. The molecule has 1 aliphatic heterocycles. The highest BCUT2D eigenvalue weighted by atomic mass is 32.1. The number of hydrogen-bond acceptors (Lipinski definition) is 4. The normalized spacial score (nSPS) is 23.9. The third-order valence-electron chi connectivity index (χ3n) is 3.75. The van der Waals surface area contributed by atoms with Crippen molar-refractivity contribution in [2.75, 3.05) is 11.4 Å². The SMILES string of the molecule is CC1CCC(C)N(c2nc(C(C)C)c(C(=O)O)s2)C1. The topological polar surface area (TPSA) is 53.4 Å². The first-order valence-corrected chi connectivity index (χ1v) is 7.72. The number of aromatic carboxylic acids is 1. The molecule has 106 valence electrons. The molecule has 2 rings (SSSR count). The Morgan fingerprint density at radius 1 is 1.42 bits per heavy atom. The lowest BCUT2D eigenvalue weighted by molar-refractivity contribution is 0.0700. The number of carboxylic acids is 1. The maximum Gasteiger partial charge on any atom is 0.347 e. The van der Waals surface area contributed by atoms with E-state index in [0.717, 1.165) is 23.8 Å². The van der Waals surface area contributed by atoms with Crippen LogP contribution in [0.5, 0.6) is 0 Å². The van der Waals surface area contributed by atoms with E-state index in [1.54, 1.807) is 0 Å². The maximum atomic E-state index is 11.3. The first-order valence-electron chi connectivity index (χ1n) is 6.90. The molecule has 0 amide bonds. The van der Waals surface area contributed by atoms with E-state index in [4.69, 9.17) is 0 Å². The number of carbonyl (C=O) groups is 1. The van der Waals surface area contributed by atoms with Crippen molar-refractivity contribution in [3.05, 3.63) is 10.6 Å². The number of aromatic nitrogens is 1. The lowest BCUT2D eigenvalue weighted by Gasteiger charge is -2.36. The van der Waals surface area contributed by atoms with E-state index in [0.29, 0.717) is 16.8 Å². The fraction of sp³-hybridized carbons (Fsp3) is 0.714. The molecule has 0 aliphatic carbocycles. The van der Waals surface area contributed by atoms with Crippen molar-refractivity contribution in [1.29, 1.82) is 0 Å². The second kappa shape index (κ2) is 5.49. The van der Waals surface area contributed by atoms with Gasteiger partial charge in [-0.1, -0.05) is 32.1 Å². The lowest BCUT2D eigenvalue weighted by Crippen LogP contribution is -2.41. The summed E-state index contributed by atoms with van der Waals surface area (Å²) in [7, 11) is 0. The molecule has 0 radical (unpaired) electrons. The summed E-state index contributed by atoms with van der Waals surface area (Å²) in [4.78, 5) is 18.6. The zero-order valence-corrected chi connectivity index (χ0v) is 12.8. The molecule has 1 fully saturated rings. The fourth-order valence-corrected chi connectivity index (χ4v) is 3.71. The van der Waals surface area contributed by atoms with Crippen molar-refractivity contribution in [1.82, 2.24) is 4.98 Å². The van der Waals surface area contributed by atoms with Crippen LogP contribution in [0.1, 0.15) is 61.8 Å². The Kier molecular flexibility index (Phi) is 4.13. The zero-order valence-electron chi connectivity index (χ0n) is 12.0. The van der Waals surface area contributed by atoms with Crippen LogP contribution in [0, 0.1) is 5.92 Å². The predicted molar refractivity (Wildman–Crippen MR) is 78.4 cm³/mol. The van der Waals surface area contributed by atoms with Gasteiger partial charge >= 0.3 is 5.97 Å². The Balaban J connectivity index is 2.34. The minimum atomic E-state index is -0.856. The Labute approximate surface area is 118 Å². The first kappa shape index (κ1) is 14.3. The number of rotatable bonds is 3. The summed E-state index contributed by atoms with van der Waals surface area (Å²) in [6, 6.07) is 0.448. The number of thiazole rings is 1. The molecule has 1 aromatic heterocycles. The quantitative estimate of drug-likeness (QED) is 0.920. The summed E-state index contributed by atoms with van der Waals surface area (Å²) in [6.07, 6.45) is 2.39. The van der Waals surface area contributed by atoms with E-state index in [-0.39, 0.29) is 5.92 Å². The molecule has 1 aromatic rings. The van der Waals surface area contributed by atoms with Crippen LogP contribution in [0.4, 0.5) is 5.13 Å². The molecule has 1 saturated heterocycles. The van der Waals surface area contributed by atoms with Crippen LogP contribution < -0.4 is 4.90 Å². The van der Waals surface area contributed by atoms with Crippen LogP contribution in [0.15, 0.2) is 0 Å². The number of piperidine rings is 1.